The number of allylic oxidation sites excluding steroid dienone is 1. The largest absolute Gasteiger partial charge is 0.462 e. The van der Waals surface area contributed by atoms with Gasteiger partial charge in [0.1, 0.15) is 6.10 Å². The van der Waals surface area contributed by atoms with E-state index in [0.29, 0.717) is 10.8 Å². The Morgan fingerprint density at radius 3 is 2.55 bits per heavy atom. The van der Waals surface area contributed by atoms with Crippen LogP contribution in [0, 0.1) is 46.3 Å². The van der Waals surface area contributed by atoms with Crippen LogP contribution >= 0.6 is 0 Å². The highest BCUT2D eigenvalue weighted by atomic mass is 16.5. The van der Waals surface area contributed by atoms with Gasteiger partial charge in [-0.25, -0.2) is 0 Å². The first-order valence-electron chi connectivity index (χ1n) is 13.5. The quantitative estimate of drug-likeness (QED) is 0.317. The van der Waals surface area contributed by atoms with Crippen LogP contribution in [0.15, 0.2) is 11.6 Å². The summed E-state index contributed by atoms with van der Waals surface area (Å²) in [7, 11) is 0. The third-order valence-corrected chi connectivity index (χ3v) is 10.6. The smallest absolute Gasteiger partial charge is 0.302 e. The van der Waals surface area contributed by atoms with E-state index in [1.807, 2.05) is 0 Å². The van der Waals surface area contributed by atoms with E-state index in [-0.39, 0.29) is 12.1 Å². The van der Waals surface area contributed by atoms with Gasteiger partial charge in [-0.2, -0.15) is 0 Å². The minimum Gasteiger partial charge on any atom is -0.462 e. The summed E-state index contributed by atoms with van der Waals surface area (Å²) < 4.78 is 5.61. The van der Waals surface area contributed by atoms with Crippen LogP contribution in [-0.4, -0.2) is 12.1 Å². The Kier molecular flexibility index (Phi) is 6.68. The summed E-state index contributed by atoms with van der Waals surface area (Å²) in [4.78, 5) is 11.5. The molecular weight excluding hydrogens is 380 g/mol. The molecule has 4 aliphatic rings. The van der Waals surface area contributed by atoms with Crippen LogP contribution in [0.2, 0.25) is 0 Å². The van der Waals surface area contributed by atoms with Crippen LogP contribution in [0.4, 0.5) is 0 Å². The Morgan fingerprint density at radius 2 is 1.84 bits per heavy atom. The van der Waals surface area contributed by atoms with E-state index in [1.54, 1.807) is 12.5 Å². The lowest BCUT2D eigenvalue weighted by atomic mass is 9.47. The van der Waals surface area contributed by atoms with Gasteiger partial charge in [-0.15, -0.1) is 0 Å². The minimum atomic E-state index is -0.115. The fourth-order valence-electron chi connectivity index (χ4n) is 8.99. The topological polar surface area (TPSA) is 26.3 Å². The predicted octanol–water partition coefficient (Wildman–Crippen LogP) is 7.96. The average molecular weight is 429 g/mol. The third-order valence-electron chi connectivity index (χ3n) is 10.6. The van der Waals surface area contributed by atoms with Crippen molar-refractivity contribution in [1.82, 2.24) is 0 Å². The molecule has 3 saturated carbocycles. The number of hydrogen-bond acceptors (Lipinski definition) is 2. The van der Waals surface area contributed by atoms with Gasteiger partial charge in [-0.3, -0.25) is 4.79 Å². The monoisotopic (exact) mass is 428 g/mol. The molecule has 0 aromatic heterocycles. The van der Waals surface area contributed by atoms with Gasteiger partial charge in [0, 0.05) is 13.3 Å². The van der Waals surface area contributed by atoms with Crippen molar-refractivity contribution >= 4 is 5.97 Å². The average Bonchev–Trinajstić information content (AvgIpc) is 3.05. The number of esters is 1. The highest BCUT2D eigenvalue weighted by Crippen LogP contribution is 2.67. The number of carbonyl (C=O) groups excluding carboxylic acids is 1. The fraction of sp³-hybridized carbons (Fsp3) is 0.897. The van der Waals surface area contributed by atoms with Crippen molar-refractivity contribution in [2.45, 2.75) is 118 Å². The molecule has 8 atom stereocenters. The highest BCUT2D eigenvalue weighted by molar-refractivity contribution is 5.66. The summed E-state index contributed by atoms with van der Waals surface area (Å²) in [6.45, 7) is 14.1. The van der Waals surface area contributed by atoms with Gasteiger partial charge in [0.25, 0.3) is 0 Å². The summed E-state index contributed by atoms with van der Waals surface area (Å²) in [5, 5.41) is 0. The van der Waals surface area contributed by atoms with E-state index in [2.05, 4.69) is 40.7 Å². The van der Waals surface area contributed by atoms with Crippen molar-refractivity contribution in [1.29, 1.82) is 0 Å². The van der Waals surface area contributed by atoms with Gasteiger partial charge < -0.3 is 4.74 Å². The number of ether oxygens (including phenoxy) is 1. The van der Waals surface area contributed by atoms with Crippen LogP contribution in [0.5, 0.6) is 0 Å². The number of hydrogen-bond donors (Lipinski definition) is 0. The standard InChI is InChI=1S/C29H48O2/c1-19(2)8-7-9-20(3)25-12-13-26-24-11-10-22-18-23(31-21(4)30)14-16-28(22,5)27(24)15-17-29(25,26)6/h10,19-20,23-27H,7-9,11-18H2,1-6H3/t20-,23+,24+,25-,26-,27+,28+,29-/m1/s1. The molecule has 0 aromatic rings. The molecule has 4 aliphatic carbocycles. The lowest BCUT2D eigenvalue weighted by molar-refractivity contribution is -0.148. The second-order valence-electron chi connectivity index (χ2n) is 12.8. The van der Waals surface area contributed by atoms with Crippen molar-refractivity contribution in [2.75, 3.05) is 0 Å². The molecule has 0 radical (unpaired) electrons. The fourth-order valence-corrected chi connectivity index (χ4v) is 8.99. The molecule has 0 amide bonds. The van der Waals surface area contributed by atoms with E-state index in [0.717, 1.165) is 48.3 Å². The Bertz CT molecular complexity index is 693. The van der Waals surface area contributed by atoms with Crippen molar-refractivity contribution in [3.8, 4) is 0 Å². The zero-order valence-corrected chi connectivity index (χ0v) is 21.2. The van der Waals surface area contributed by atoms with Crippen molar-refractivity contribution < 1.29 is 9.53 Å². The van der Waals surface area contributed by atoms with Crippen LogP contribution in [0.25, 0.3) is 0 Å². The molecule has 0 aliphatic heterocycles. The summed E-state index contributed by atoms with van der Waals surface area (Å²) in [6, 6.07) is 0. The summed E-state index contributed by atoms with van der Waals surface area (Å²) in [6.07, 6.45) is 17.2. The SMILES string of the molecule is CC(=O)O[C@H]1CC[C@@]2(C)C(=CC[C@H]3[C@H]4CC[C@H]([C@H](C)CCCC(C)C)[C@@]4(C)CC[C@@H]32)C1. The zero-order chi connectivity index (χ0) is 22.4. The third kappa shape index (κ3) is 4.26. The molecule has 2 nitrogen and oxygen atoms in total. The summed E-state index contributed by atoms with van der Waals surface area (Å²) in [5.41, 5.74) is 2.53. The van der Waals surface area contributed by atoms with Gasteiger partial charge in [0.05, 0.1) is 0 Å². The molecule has 0 aromatic carbocycles. The zero-order valence-electron chi connectivity index (χ0n) is 21.2. The number of carbonyl (C=O) groups is 1. The van der Waals surface area contributed by atoms with Gasteiger partial charge in [-0.1, -0.05) is 65.5 Å². The van der Waals surface area contributed by atoms with Crippen LogP contribution in [0.1, 0.15) is 112 Å². The van der Waals surface area contributed by atoms with Crippen molar-refractivity contribution in [2.24, 2.45) is 46.3 Å². The van der Waals surface area contributed by atoms with E-state index in [4.69, 9.17) is 4.74 Å². The first-order chi connectivity index (χ1) is 14.6. The van der Waals surface area contributed by atoms with E-state index in [9.17, 15) is 4.79 Å². The molecule has 3 fully saturated rings. The Hall–Kier alpha value is -0.790. The maximum absolute atomic E-state index is 11.5. The van der Waals surface area contributed by atoms with Gasteiger partial charge in [0.15, 0.2) is 0 Å². The van der Waals surface area contributed by atoms with Gasteiger partial charge in [-0.05, 0) is 91.3 Å². The number of fused-ring (bicyclic) bond motifs is 5. The maximum atomic E-state index is 11.5. The molecular formula is C29H48O2. The molecule has 0 saturated heterocycles. The molecule has 0 unspecified atom stereocenters. The highest BCUT2D eigenvalue weighted by Gasteiger charge is 2.59. The van der Waals surface area contributed by atoms with E-state index < -0.39 is 0 Å². The van der Waals surface area contributed by atoms with Crippen LogP contribution in [0.3, 0.4) is 0 Å². The molecule has 4 rings (SSSR count). The van der Waals surface area contributed by atoms with Gasteiger partial charge >= 0.3 is 5.97 Å². The first kappa shape index (κ1) is 23.4. The molecule has 0 bridgehead atoms. The van der Waals surface area contributed by atoms with Gasteiger partial charge in [0.2, 0.25) is 0 Å². The molecule has 176 valence electrons. The molecule has 2 heteroatoms. The predicted molar refractivity (Wildman–Crippen MR) is 129 cm³/mol. The Balaban J connectivity index is 1.47. The second-order valence-corrected chi connectivity index (χ2v) is 12.8. The molecule has 0 heterocycles. The molecule has 0 N–H and O–H groups in total. The molecule has 0 spiro atoms. The molecule has 31 heavy (non-hydrogen) atoms. The van der Waals surface area contributed by atoms with E-state index in [1.165, 1.54) is 57.8 Å². The first-order valence-corrected chi connectivity index (χ1v) is 13.5. The summed E-state index contributed by atoms with van der Waals surface area (Å²) >= 11 is 0. The van der Waals surface area contributed by atoms with E-state index >= 15 is 0 Å². The van der Waals surface area contributed by atoms with Crippen molar-refractivity contribution in [3.05, 3.63) is 11.6 Å². The number of rotatable bonds is 6. The van der Waals surface area contributed by atoms with Crippen LogP contribution in [-0.2, 0) is 9.53 Å². The van der Waals surface area contributed by atoms with Crippen LogP contribution < -0.4 is 0 Å². The maximum Gasteiger partial charge on any atom is 0.302 e. The lowest BCUT2D eigenvalue weighted by Crippen LogP contribution is -2.51. The Morgan fingerprint density at radius 1 is 1.06 bits per heavy atom. The summed E-state index contributed by atoms with van der Waals surface area (Å²) in [5.74, 6) is 5.19. The second kappa shape index (κ2) is 8.86. The lowest BCUT2D eigenvalue weighted by Gasteiger charge is -2.58. The normalized spacial score (nSPS) is 42.9. The Labute approximate surface area is 192 Å². The van der Waals surface area contributed by atoms with Crippen molar-refractivity contribution in [3.63, 3.8) is 0 Å². The minimum absolute atomic E-state index is 0.115.